The largest absolute Gasteiger partial charge is 0.372 e. The van der Waals surface area contributed by atoms with Crippen LogP contribution < -0.4 is 15.5 Å². The van der Waals surface area contributed by atoms with E-state index in [1.165, 1.54) is 37.4 Å². The molecule has 1 amide bonds. The molecule has 0 radical (unpaired) electrons. The number of fused-ring (bicyclic) bond motifs is 1. The Balaban J connectivity index is 1.42. The van der Waals surface area contributed by atoms with Crippen molar-refractivity contribution in [2.24, 2.45) is 5.92 Å². The summed E-state index contributed by atoms with van der Waals surface area (Å²) in [5.41, 5.74) is 3.25. The van der Waals surface area contributed by atoms with Gasteiger partial charge in [-0.25, -0.2) is 4.39 Å². The molecule has 28 heavy (non-hydrogen) atoms. The Bertz CT molecular complexity index is 883. The second-order valence-corrected chi connectivity index (χ2v) is 7.58. The quantitative estimate of drug-likeness (QED) is 0.698. The number of hydrogen-bond donors (Lipinski definition) is 2. The Kier molecular flexibility index (Phi) is 5.33. The van der Waals surface area contributed by atoms with Gasteiger partial charge in [0.1, 0.15) is 5.82 Å². The van der Waals surface area contributed by atoms with Crippen LogP contribution in [-0.4, -0.2) is 19.0 Å². The lowest BCUT2D eigenvalue weighted by molar-refractivity contribution is -0.110. The molecule has 0 spiro atoms. The minimum Gasteiger partial charge on any atom is -0.372 e. The zero-order valence-corrected chi connectivity index (χ0v) is 16.2. The van der Waals surface area contributed by atoms with Crippen LogP contribution in [0.3, 0.4) is 0 Å². The van der Waals surface area contributed by atoms with Gasteiger partial charge in [0.25, 0.3) is 5.91 Å². The minimum absolute atomic E-state index is 0.292. The number of nitrogens with one attached hydrogen (secondary N) is 2. The van der Waals surface area contributed by atoms with Gasteiger partial charge >= 0.3 is 0 Å². The molecule has 4 rings (SSSR count). The highest BCUT2D eigenvalue weighted by Gasteiger charge is 2.27. The lowest BCUT2D eigenvalue weighted by Crippen LogP contribution is -2.33. The van der Waals surface area contributed by atoms with Crippen molar-refractivity contribution in [2.75, 3.05) is 28.6 Å². The van der Waals surface area contributed by atoms with Crippen LogP contribution in [0.5, 0.6) is 0 Å². The van der Waals surface area contributed by atoms with Gasteiger partial charge in [-0.15, -0.1) is 0 Å². The molecule has 1 saturated heterocycles. The molecule has 2 N–H and O–H groups in total. The van der Waals surface area contributed by atoms with Crippen molar-refractivity contribution in [1.82, 2.24) is 0 Å². The summed E-state index contributed by atoms with van der Waals surface area (Å²) in [4.78, 5) is 14.6. The molecule has 0 bridgehead atoms. The number of amides is 1. The van der Waals surface area contributed by atoms with Gasteiger partial charge in [0.15, 0.2) is 0 Å². The van der Waals surface area contributed by atoms with Gasteiger partial charge in [-0.2, -0.15) is 0 Å². The van der Waals surface area contributed by atoms with Gasteiger partial charge in [-0.1, -0.05) is 25.8 Å². The highest BCUT2D eigenvalue weighted by molar-refractivity contribution is 6.31. The van der Waals surface area contributed by atoms with Gasteiger partial charge in [-0.05, 0) is 55.2 Å². The second kappa shape index (κ2) is 8.05. The average Bonchev–Trinajstić information content (AvgIpc) is 3.04. The maximum atomic E-state index is 14.1. The zero-order valence-electron chi connectivity index (χ0n) is 16.2. The number of nitrogens with zero attached hydrogens (tertiary/aromatic N) is 1. The van der Waals surface area contributed by atoms with Gasteiger partial charge < -0.3 is 15.5 Å². The molecule has 0 atom stereocenters. The SMILES string of the molecule is CCCC1CCN(c2ccc(NC=C3C(=O)Nc4cccc(F)c43)cc2)CC1. The van der Waals surface area contributed by atoms with Crippen molar-refractivity contribution in [3.63, 3.8) is 0 Å². The number of carbonyl (C=O) groups is 1. The smallest absolute Gasteiger partial charge is 0.257 e. The number of rotatable bonds is 5. The van der Waals surface area contributed by atoms with E-state index in [1.807, 2.05) is 12.1 Å². The first-order valence-electron chi connectivity index (χ1n) is 10.1. The van der Waals surface area contributed by atoms with Gasteiger partial charge in [0.2, 0.25) is 0 Å². The van der Waals surface area contributed by atoms with Crippen LogP contribution in [-0.2, 0) is 4.79 Å². The van der Waals surface area contributed by atoms with Gasteiger partial charge in [0.05, 0.1) is 11.3 Å². The topological polar surface area (TPSA) is 44.4 Å². The molecule has 146 valence electrons. The predicted octanol–water partition coefficient (Wildman–Crippen LogP) is 5.25. The maximum Gasteiger partial charge on any atom is 0.257 e. The number of piperidine rings is 1. The van der Waals surface area contributed by atoms with Gasteiger partial charge in [0, 0.05) is 36.2 Å². The van der Waals surface area contributed by atoms with Crippen LogP contribution in [0, 0.1) is 11.7 Å². The monoisotopic (exact) mass is 379 g/mol. The van der Waals surface area contributed by atoms with Crippen molar-refractivity contribution in [3.8, 4) is 0 Å². The zero-order chi connectivity index (χ0) is 19.5. The van der Waals surface area contributed by atoms with Crippen LogP contribution in [0.2, 0.25) is 0 Å². The molecule has 5 heteroatoms. The van der Waals surface area contributed by atoms with Gasteiger partial charge in [-0.3, -0.25) is 4.79 Å². The third kappa shape index (κ3) is 3.75. The van der Waals surface area contributed by atoms with Crippen LogP contribution in [0.4, 0.5) is 21.5 Å². The van der Waals surface area contributed by atoms with Crippen LogP contribution in [0.25, 0.3) is 5.57 Å². The molecule has 2 aliphatic heterocycles. The summed E-state index contributed by atoms with van der Waals surface area (Å²) >= 11 is 0. The normalized spacial score (nSPS) is 18.3. The van der Waals surface area contributed by atoms with E-state index in [-0.39, 0.29) is 5.91 Å². The first-order chi connectivity index (χ1) is 13.7. The molecule has 2 heterocycles. The summed E-state index contributed by atoms with van der Waals surface area (Å²) in [7, 11) is 0. The number of hydrogen-bond acceptors (Lipinski definition) is 3. The Labute approximate surface area is 165 Å². The third-order valence-corrected chi connectivity index (χ3v) is 5.70. The molecule has 0 saturated carbocycles. The molecule has 1 fully saturated rings. The van der Waals surface area contributed by atoms with Crippen molar-refractivity contribution in [1.29, 1.82) is 0 Å². The van der Waals surface area contributed by atoms with Crippen molar-refractivity contribution in [3.05, 3.63) is 60.0 Å². The first kappa shape index (κ1) is 18.5. The third-order valence-electron chi connectivity index (χ3n) is 5.70. The maximum absolute atomic E-state index is 14.1. The highest BCUT2D eigenvalue weighted by Crippen LogP contribution is 2.34. The molecule has 4 nitrogen and oxygen atoms in total. The molecule has 2 aromatic rings. The molecule has 2 aliphatic rings. The van der Waals surface area contributed by atoms with E-state index in [0.29, 0.717) is 16.8 Å². The van der Waals surface area contributed by atoms with E-state index < -0.39 is 5.82 Å². The van der Waals surface area contributed by atoms with Crippen LogP contribution in [0.1, 0.15) is 38.2 Å². The summed E-state index contributed by atoms with van der Waals surface area (Å²) in [5.74, 6) is 0.180. The summed E-state index contributed by atoms with van der Waals surface area (Å²) in [6.45, 7) is 4.48. The number of anilines is 3. The Hall–Kier alpha value is -2.82. The number of carbonyl (C=O) groups excluding carboxylic acids is 1. The summed E-state index contributed by atoms with van der Waals surface area (Å²) in [5, 5.41) is 5.83. The van der Waals surface area contributed by atoms with E-state index in [2.05, 4.69) is 34.6 Å². The van der Waals surface area contributed by atoms with Crippen molar-refractivity contribution < 1.29 is 9.18 Å². The lowest BCUT2D eigenvalue weighted by Gasteiger charge is -2.33. The number of benzene rings is 2. The molecule has 0 aliphatic carbocycles. The lowest BCUT2D eigenvalue weighted by atomic mass is 9.92. The van der Waals surface area contributed by atoms with Crippen LogP contribution >= 0.6 is 0 Å². The number of halogens is 1. The van der Waals surface area contributed by atoms with E-state index in [1.54, 1.807) is 18.3 Å². The van der Waals surface area contributed by atoms with Crippen LogP contribution in [0.15, 0.2) is 48.7 Å². The fourth-order valence-corrected chi connectivity index (χ4v) is 4.15. The fraction of sp³-hybridized carbons (Fsp3) is 0.348. The Morgan fingerprint density at radius 2 is 1.93 bits per heavy atom. The summed E-state index contributed by atoms with van der Waals surface area (Å²) in [6, 6.07) is 12.9. The van der Waals surface area contributed by atoms with E-state index in [4.69, 9.17) is 0 Å². The van der Waals surface area contributed by atoms with E-state index in [0.717, 1.165) is 24.7 Å². The molecular weight excluding hydrogens is 353 g/mol. The highest BCUT2D eigenvalue weighted by atomic mass is 19.1. The summed E-state index contributed by atoms with van der Waals surface area (Å²) < 4.78 is 14.1. The standard InChI is InChI=1S/C23H26FN3O/c1-2-4-16-11-13-27(14-12-16)18-9-7-17(8-10-18)25-15-19-22-20(24)5-3-6-21(22)26-23(19)28/h3,5-10,15-16,25H,2,4,11-14H2,1H3,(H,26,28). The molecule has 0 unspecified atom stereocenters. The Morgan fingerprint density at radius 1 is 1.18 bits per heavy atom. The second-order valence-electron chi connectivity index (χ2n) is 7.58. The minimum atomic E-state index is -0.397. The molecular formula is C23H26FN3O. The van der Waals surface area contributed by atoms with E-state index in [9.17, 15) is 9.18 Å². The van der Waals surface area contributed by atoms with Crippen molar-refractivity contribution in [2.45, 2.75) is 32.6 Å². The van der Waals surface area contributed by atoms with Crippen molar-refractivity contribution >= 4 is 28.5 Å². The summed E-state index contributed by atoms with van der Waals surface area (Å²) in [6.07, 6.45) is 6.71. The Morgan fingerprint density at radius 3 is 2.64 bits per heavy atom. The first-order valence-corrected chi connectivity index (χ1v) is 10.1. The fourth-order valence-electron chi connectivity index (χ4n) is 4.15. The van der Waals surface area contributed by atoms with E-state index >= 15 is 0 Å². The average molecular weight is 379 g/mol. The molecule has 2 aromatic carbocycles. The molecule has 0 aromatic heterocycles. The predicted molar refractivity (Wildman–Crippen MR) is 113 cm³/mol.